The molecule has 6 aromatic rings. The van der Waals surface area contributed by atoms with Gasteiger partial charge in [-0.2, -0.15) is 0 Å². The van der Waals surface area contributed by atoms with Gasteiger partial charge >= 0.3 is 0 Å². The fraction of sp³-hybridized carbons (Fsp3) is 0.100. The summed E-state index contributed by atoms with van der Waals surface area (Å²) in [5.74, 6) is 0.525. The number of hydrogen-bond donors (Lipinski definition) is 3. The Kier molecular flexibility index (Phi) is 5.86. The predicted molar refractivity (Wildman–Crippen MR) is 147 cm³/mol. The predicted octanol–water partition coefficient (Wildman–Crippen LogP) is 5.81. The summed E-state index contributed by atoms with van der Waals surface area (Å²) in [5, 5.41) is 3.65. The highest BCUT2D eigenvalue weighted by Gasteiger charge is 2.19. The summed E-state index contributed by atoms with van der Waals surface area (Å²) >= 11 is 0. The minimum Gasteiger partial charge on any atom is -0.377 e. The van der Waals surface area contributed by atoms with Crippen LogP contribution in [0.5, 0.6) is 0 Å². The zero-order valence-electron chi connectivity index (χ0n) is 20.3. The fourth-order valence-corrected chi connectivity index (χ4v) is 4.76. The van der Waals surface area contributed by atoms with E-state index in [0.717, 1.165) is 40.0 Å². The molecular formula is C30H26N6O. The number of nitrogens with one attached hydrogen (secondary N) is 3. The van der Waals surface area contributed by atoms with Gasteiger partial charge in [0, 0.05) is 24.3 Å². The number of aromatic amines is 2. The Morgan fingerprint density at radius 3 is 2.54 bits per heavy atom. The second kappa shape index (κ2) is 9.62. The molecule has 182 valence electrons. The van der Waals surface area contributed by atoms with Gasteiger partial charge in [0.2, 0.25) is 0 Å². The van der Waals surface area contributed by atoms with Gasteiger partial charge in [-0.1, -0.05) is 60.7 Å². The Hall–Kier alpha value is -4.91. The summed E-state index contributed by atoms with van der Waals surface area (Å²) in [6, 6.07) is 26.6. The Labute approximate surface area is 213 Å². The summed E-state index contributed by atoms with van der Waals surface area (Å²) in [5.41, 5.74) is 7.03. The number of aryl methyl sites for hydroxylation is 1. The first-order valence-electron chi connectivity index (χ1n) is 12.2. The molecule has 7 heteroatoms. The van der Waals surface area contributed by atoms with Crippen molar-refractivity contribution in [2.24, 2.45) is 0 Å². The lowest BCUT2D eigenvalue weighted by Crippen LogP contribution is -2.18. The lowest BCUT2D eigenvalue weighted by Gasteiger charge is -2.22. The molecule has 0 aliphatic rings. The number of anilines is 1. The lowest BCUT2D eigenvalue weighted by atomic mass is 9.98. The molecule has 3 aromatic carbocycles. The highest BCUT2D eigenvalue weighted by Crippen LogP contribution is 2.31. The molecule has 0 bridgehead atoms. The molecule has 6 rings (SSSR count). The van der Waals surface area contributed by atoms with E-state index in [-0.39, 0.29) is 11.6 Å². The monoisotopic (exact) mass is 486 g/mol. The Morgan fingerprint density at radius 2 is 1.78 bits per heavy atom. The van der Waals surface area contributed by atoms with Crippen LogP contribution < -0.4 is 10.9 Å². The van der Waals surface area contributed by atoms with Crippen molar-refractivity contribution in [2.45, 2.75) is 19.4 Å². The number of fused-ring (bicyclic) bond motifs is 1. The molecule has 0 amide bonds. The summed E-state index contributed by atoms with van der Waals surface area (Å²) in [6.07, 6.45) is 7.85. The number of aromatic nitrogens is 5. The molecule has 0 saturated carbocycles. The van der Waals surface area contributed by atoms with Gasteiger partial charge in [-0.25, -0.2) is 9.97 Å². The van der Waals surface area contributed by atoms with Gasteiger partial charge in [-0.05, 0) is 48.2 Å². The molecule has 0 fully saturated rings. The van der Waals surface area contributed by atoms with Crippen LogP contribution in [0.15, 0.2) is 109 Å². The van der Waals surface area contributed by atoms with E-state index in [1.165, 1.54) is 5.56 Å². The molecule has 3 heterocycles. The third-order valence-corrected chi connectivity index (χ3v) is 6.58. The molecule has 0 radical (unpaired) electrons. The first-order chi connectivity index (χ1) is 18.2. The van der Waals surface area contributed by atoms with Crippen molar-refractivity contribution in [3.8, 4) is 17.1 Å². The summed E-state index contributed by atoms with van der Waals surface area (Å²) in [7, 11) is 0. The number of pyridine rings is 1. The number of rotatable bonds is 7. The summed E-state index contributed by atoms with van der Waals surface area (Å²) in [4.78, 5) is 28.4. The minimum absolute atomic E-state index is 0.0388. The average molecular weight is 487 g/mol. The highest BCUT2D eigenvalue weighted by molar-refractivity contribution is 5.86. The van der Waals surface area contributed by atoms with E-state index in [4.69, 9.17) is 4.98 Å². The first-order valence-corrected chi connectivity index (χ1v) is 12.2. The smallest absolute Gasteiger partial charge is 0.261 e. The zero-order chi connectivity index (χ0) is 25.2. The SMILES string of the molecule is Cc1cc(-n2ccnc2)cc2[nH]c(-c3c(NC(Cc4ccccc4)c4ccccc4)cc[nH]c3=O)nc12. The van der Waals surface area contributed by atoms with Crippen molar-refractivity contribution in [3.63, 3.8) is 0 Å². The first kappa shape index (κ1) is 22.5. The molecule has 3 N–H and O–H groups in total. The minimum atomic E-state index is -0.205. The normalized spacial score (nSPS) is 12.0. The second-order valence-corrected chi connectivity index (χ2v) is 9.11. The molecule has 1 atom stereocenters. The largest absolute Gasteiger partial charge is 0.377 e. The van der Waals surface area contributed by atoms with Gasteiger partial charge in [0.1, 0.15) is 11.4 Å². The molecular weight excluding hydrogens is 460 g/mol. The van der Waals surface area contributed by atoms with Gasteiger partial charge in [0.15, 0.2) is 0 Å². The highest BCUT2D eigenvalue weighted by atomic mass is 16.1. The van der Waals surface area contributed by atoms with Gasteiger partial charge in [-0.15, -0.1) is 0 Å². The van der Waals surface area contributed by atoms with Crippen molar-refractivity contribution >= 4 is 16.7 Å². The topological polar surface area (TPSA) is 91.4 Å². The van der Waals surface area contributed by atoms with E-state index in [1.54, 1.807) is 18.7 Å². The van der Waals surface area contributed by atoms with Gasteiger partial charge < -0.3 is 19.9 Å². The van der Waals surface area contributed by atoms with E-state index in [2.05, 4.69) is 50.6 Å². The van der Waals surface area contributed by atoms with E-state index < -0.39 is 0 Å². The van der Waals surface area contributed by atoms with Gasteiger partial charge in [-0.3, -0.25) is 4.79 Å². The third-order valence-electron chi connectivity index (χ3n) is 6.58. The van der Waals surface area contributed by atoms with E-state index in [0.29, 0.717) is 11.4 Å². The van der Waals surface area contributed by atoms with E-state index in [1.807, 2.05) is 66.2 Å². The van der Waals surface area contributed by atoms with Crippen molar-refractivity contribution in [2.75, 3.05) is 5.32 Å². The number of benzene rings is 3. The lowest BCUT2D eigenvalue weighted by molar-refractivity contribution is 0.775. The Bertz CT molecular complexity index is 1700. The van der Waals surface area contributed by atoms with Crippen LogP contribution in [-0.2, 0) is 6.42 Å². The zero-order valence-corrected chi connectivity index (χ0v) is 20.3. The number of nitrogens with zero attached hydrogens (tertiary/aromatic N) is 3. The molecule has 7 nitrogen and oxygen atoms in total. The van der Waals surface area contributed by atoms with Crippen LogP contribution in [0, 0.1) is 6.92 Å². The van der Waals surface area contributed by atoms with E-state index in [9.17, 15) is 4.79 Å². The number of imidazole rings is 2. The molecule has 0 aliphatic carbocycles. The van der Waals surface area contributed by atoms with Crippen LogP contribution in [0.3, 0.4) is 0 Å². The third kappa shape index (κ3) is 4.54. The van der Waals surface area contributed by atoms with Crippen molar-refractivity contribution in [3.05, 3.63) is 131 Å². The molecule has 0 spiro atoms. The quantitative estimate of drug-likeness (QED) is 0.266. The van der Waals surface area contributed by atoms with Crippen LogP contribution in [0.4, 0.5) is 5.69 Å². The van der Waals surface area contributed by atoms with Crippen LogP contribution >= 0.6 is 0 Å². The maximum absolute atomic E-state index is 13.2. The van der Waals surface area contributed by atoms with Crippen LogP contribution in [0.1, 0.15) is 22.7 Å². The fourth-order valence-electron chi connectivity index (χ4n) is 4.76. The Morgan fingerprint density at radius 1 is 1.00 bits per heavy atom. The number of H-pyrrole nitrogens is 2. The van der Waals surface area contributed by atoms with E-state index >= 15 is 0 Å². The average Bonchev–Trinajstić information content (AvgIpc) is 3.60. The number of hydrogen-bond acceptors (Lipinski definition) is 4. The molecule has 0 aliphatic heterocycles. The van der Waals surface area contributed by atoms with Gasteiger partial charge in [0.25, 0.3) is 5.56 Å². The van der Waals surface area contributed by atoms with Crippen molar-refractivity contribution in [1.82, 2.24) is 24.5 Å². The Balaban J connectivity index is 1.42. The summed E-state index contributed by atoms with van der Waals surface area (Å²) in [6.45, 7) is 2.02. The maximum atomic E-state index is 13.2. The molecule has 0 saturated heterocycles. The molecule has 1 unspecified atom stereocenters. The summed E-state index contributed by atoms with van der Waals surface area (Å²) < 4.78 is 1.95. The molecule has 37 heavy (non-hydrogen) atoms. The molecule has 3 aromatic heterocycles. The second-order valence-electron chi connectivity index (χ2n) is 9.11. The van der Waals surface area contributed by atoms with Gasteiger partial charge in [0.05, 0.1) is 29.1 Å². The maximum Gasteiger partial charge on any atom is 0.261 e. The standard InChI is InChI=1S/C30H26N6O/c1-20-16-23(36-15-14-31-19-36)18-26-28(20)35-29(34-26)27-24(12-13-32-30(27)37)33-25(22-10-6-3-7-11-22)17-21-8-4-2-5-9-21/h2-16,18-19,25H,17H2,1H3,(H,34,35)(H2,32,33,37). The van der Waals surface area contributed by atoms with Crippen LogP contribution in [0.2, 0.25) is 0 Å². The van der Waals surface area contributed by atoms with Crippen LogP contribution in [-0.4, -0.2) is 24.5 Å². The van der Waals surface area contributed by atoms with Crippen LogP contribution in [0.25, 0.3) is 28.1 Å². The van der Waals surface area contributed by atoms with Crippen molar-refractivity contribution < 1.29 is 0 Å². The van der Waals surface area contributed by atoms with Crippen molar-refractivity contribution in [1.29, 1.82) is 0 Å².